The number of fused-ring (bicyclic) bond motifs is 1. The van der Waals surface area contributed by atoms with Crippen molar-refractivity contribution in [1.29, 1.82) is 0 Å². The van der Waals surface area contributed by atoms with E-state index in [-0.39, 0.29) is 17.1 Å². The van der Waals surface area contributed by atoms with Crippen LogP contribution in [-0.4, -0.2) is 18.4 Å². The number of hydrogen-bond acceptors (Lipinski definition) is 5. The Morgan fingerprint density at radius 2 is 1.77 bits per heavy atom. The maximum Gasteiger partial charge on any atom is 0.345 e. The summed E-state index contributed by atoms with van der Waals surface area (Å²) in [5.74, 6) is 0.686. The SMILES string of the molecule is CCOc1ccccc1/C=C1\Oc2c(ccc(OC(=O)c3ccccc3Cl)c2C)C1=O. The molecule has 0 aromatic heterocycles. The highest BCUT2D eigenvalue weighted by Gasteiger charge is 2.31. The number of allylic oxidation sites excluding steroid dienone is 1. The molecule has 4 rings (SSSR count). The quantitative estimate of drug-likeness (QED) is 0.285. The lowest BCUT2D eigenvalue weighted by Crippen LogP contribution is -2.10. The number of carbonyl (C=O) groups is 2. The first kappa shape index (κ1) is 20.7. The second-order valence-electron chi connectivity index (χ2n) is 6.85. The number of para-hydroxylation sites is 1. The number of ether oxygens (including phenoxy) is 3. The van der Waals surface area contributed by atoms with Crippen molar-refractivity contribution in [1.82, 2.24) is 0 Å². The summed E-state index contributed by atoms with van der Waals surface area (Å²) in [7, 11) is 0. The molecule has 3 aromatic rings. The third-order valence-corrected chi connectivity index (χ3v) is 5.17. The lowest BCUT2D eigenvalue weighted by Gasteiger charge is -2.11. The Balaban J connectivity index is 1.63. The van der Waals surface area contributed by atoms with Gasteiger partial charge in [0.2, 0.25) is 5.78 Å². The molecule has 31 heavy (non-hydrogen) atoms. The molecule has 0 aliphatic carbocycles. The van der Waals surface area contributed by atoms with E-state index in [1.165, 1.54) is 0 Å². The van der Waals surface area contributed by atoms with Crippen molar-refractivity contribution in [3.63, 3.8) is 0 Å². The van der Waals surface area contributed by atoms with E-state index < -0.39 is 5.97 Å². The molecule has 0 amide bonds. The van der Waals surface area contributed by atoms with Gasteiger partial charge < -0.3 is 14.2 Å². The van der Waals surface area contributed by atoms with E-state index in [0.717, 1.165) is 5.56 Å². The molecule has 156 valence electrons. The van der Waals surface area contributed by atoms with Crippen molar-refractivity contribution in [2.24, 2.45) is 0 Å². The van der Waals surface area contributed by atoms with Gasteiger partial charge in [0.05, 0.1) is 22.8 Å². The lowest BCUT2D eigenvalue weighted by molar-refractivity contribution is 0.0733. The van der Waals surface area contributed by atoms with E-state index in [2.05, 4.69) is 0 Å². The van der Waals surface area contributed by atoms with Gasteiger partial charge in [-0.15, -0.1) is 0 Å². The minimum absolute atomic E-state index is 0.180. The van der Waals surface area contributed by atoms with Crippen LogP contribution in [0, 0.1) is 6.92 Å². The second-order valence-corrected chi connectivity index (χ2v) is 7.25. The molecule has 0 fully saturated rings. The van der Waals surface area contributed by atoms with E-state index in [1.807, 2.05) is 31.2 Å². The van der Waals surface area contributed by atoms with Gasteiger partial charge in [0, 0.05) is 11.1 Å². The standard InChI is InChI=1S/C25H19ClO5/c1-3-29-21-11-7-4-8-16(21)14-22-23(27)18-12-13-20(15(2)24(18)30-22)31-25(28)17-9-5-6-10-19(17)26/h4-14H,3H2,1-2H3/b22-14-. The average Bonchev–Trinajstić information content (AvgIpc) is 3.08. The molecule has 1 heterocycles. The molecule has 0 spiro atoms. The Morgan fingerprint density at radius 3 is 2.55 bits per heavy atom. The minimum atomic E-state index is -0.584. The molecule has 1 aliphatic rings. The molecule has 0 bridgehead atoms. The Bertz CT molecular complexity index is 1210. The highest BCUT2D eigenvalue weighted by atomic mass is 35.5. The van der Waals surface area contributed by atoms with E-state index in [9.17, 15) is 9.59 Å². The van der Waals surface area contributed by atoms with Crippen LogP contribution in [0.2, 0.25) is 5.02 Å². The highest BCUT2D eigenvalue weighted by molar-refractivity contribution is 6.33. The van der Waals surface area contributed by atoms with Crippen molar-refractivity contribution >= 4 is 29.4 Å². The Kier molecular flexibility index (Phi) is 5.78. The summed E-state index contributed by atoms with van der Waals surface area (Å²) in [6.07, 6.45) is 1.65. The van der Waals surface area contributed by atoms with Gasteiger partial charge in [0.15, 0.2) is 5.76 Å². The normalized spacial score (nSPS) is 13.6. The summed E-state index contributed by atoms with van der Waals surface area (Å²) < 4.78 is 17.0. The van der Waals surface area contributed by atoms with E-state index >= 15 is 0 Å². The Labute approximate surface area is 184 Å². The minimum Gasteiger partial charge on any atom is -0.493 e. The third-order valence-electron chi connectivity index (χ3n) is 4.84. The third kappa shape index (κ3) is 4.05. The first-order valence-electron chi connectivity index (χ1n) is 9.76. The van der Waals surface area contributed by atoms with Gasteiger partial charge in [-0.05, 0) is 50.3 Å². The van der Waals surface area contributed by atoms with Crippen LogP contribution in [0.25, 0.3) is 6.08 Å². The first-order chi connectivity index (χ1) is 15.0. The molecule has 0 atom stereocenters. The van der Waals surface area contributed by atoms with E-state index in [4.69, 9.17) is 25.8 Å². The maximum atomic E-state index is 12.9. The van der Waals surface area contributed by atoms with Crippen molar-refractivity contribution in [3.05, 3.63) is 93.7 Å². The van der Waals surface area contributed by atoms with Gasteiger partial charge in [-0.3, -0.25) is 4.79 Å². The van der Waals surface area contributed by atoms with Gasteiger partial charge in [0.1, 0.15) is 17.2 Å². The fraction of sp³-hybridized carbons (Fsp3) is 0.120. The van der Waals surface area contributed by atoms with Crippen LogP contribution in [-0.2, 0) is 0 Å². The number of benzene rings is 3. The summed E-state index contributed by atoms with van der Waals surface area (Å²) in [5.41, 5.74) is 1.96. The van der Waals surface area contributed by atoms with Gasteiger partial charge in [0.25, 0.3) is 0 Å². The summed E-state index contributed by atoms with van der Waals surface area (Å²) in [4.78, 5) is 25.4. The van der Waals surface area contributed by atoms with Crippen LogP contribution < -0.4 is 14.2 Å². The van der Waals surface area contributed by atoms with Crippen LogP contribution >= 0.6 is 11.6 Å². The first-order valence-corrected chi connectivity index (χ1v) is 10.1. The molecular formula is C25H19ClO5. The molecule has 6 heteroatoms. The number of esters is 1. The van der Waals surface area contributed by atoms with Gasteiger partial charge in [-0.1, -0.05) is 41.9 Å². The lowest BCUT2D eigenvalue weighted by atomic mass is 10.1. The van der Waals surface area contributed by atoms with Gasteiger partial charge >= 0.3 is 5.97 Å². The van der Waals surface area contributed by atoms with Crippen LogP contribution in [0.15, 0.2) is 66.4 Å². The molecule has 5 nitrogen and oxygen atoms in total. The molecule has 0 N–H and O–H groups in total. The van der Waals surface area contributed by atoms with Gasteiger partial charge in [-0.25, -0.2) is 4.79 Å². The topological polar surface area (TPSA) is 61.8 Å². The zero-order valence-electron chi connectivity index (χ0n) is 17.0. The molecule has 0 saturated heterocycles. The number of rotatable bonds is 5. The molecule has 1 aliphatic heterocycles. The van der Waals surface area contributed by atoms with Crippen LogP contribution in [0.1, 0.15) is 38.8 Å². The summed E-state index contributed by atoms with van der Waals surface area (Å²) in [5, 5.41) is 0.302. The fourth-order valence-electron chi connectivity index (χ4n) is 3.29. The monoisotopic (exact) mass is 434 g/mol. The molecule has 0 unspecified atom stereocenters. The van der Waals surface area contributed by atoms with Crippen molar-refractivity contribution in [3.8, 4) is 17.2 Å². The van der Waals surface area contributed by atoms with Crippen molar-refractivity contribution in [2.45, 2.75) is 13.8 Å². The Morgan fingerprint density at radius 1 is 1.03 bits per heavy atom. The summed E-state index contributed by atoms with van der Waals surface area (Å²) >= 11 is 6.08. The second kappa shape index (κ2) is 8.66. The van der Waals surface area contributed by atoms with Crippen LogP contribution in [0.5, 0.6) is 17.2 Å². The zero-order chi connectivity index (χ0) is 22.0. The van der Waals surface area contributed by atoms with E-state index in [1.54, 1.807) is 49.4 Å². The number of ketones is 1. The van der Waals surface area contributed by atoms with Gasteiger partial charge in [-0.2, -0.15) is 0 Å². The summed E-state index contributed by atoms with van der Waals surface area (Å²) in [6, 6.07) is 17.2. The zero-order valence-corrected chi connectivity index (χ0v) is 17.7. The smallest absolute Gasteiger partial charge is 0.345 e. The molecular weight excluding hydrogens is 416 g/mol. The summed E-state index contributed by atoms with van der Waals surface area (Å²) in [6.45, 7) is 4.14. The van der Waals surface area contributed by atoms with Crippen LogP contribution in [0.3, 0.4) is 0 Å². The van der Waals surface area contributed by atoms with Crippen molar-refractivity contribution in [2.75, 3.05) is 6.61 Å². The largest absolute Gasteiger partial charge is 0.493 e. The van der Waals surface area contributed by atoms with Crippen molar-refractivity contribution < 1.29 is 23.8 Å². The maximum absolute atomic E-state index is 12.9. The number of hydrogen-bond donors (Lipinski definition) is 0. The predicted octanol–water partition coefficient (Wildman–Crippen LogP) is 5.88. The fourth-order valence-corrected chi connectivity index (χ4v) is 3.50. The predicted molar refractivity (Wildman–Crippen MR) is 118 cm³/mol. The number of halogens is 1. The molecule has 0 saturated carbocycles. The Hall–Kier alpha value is -3.57. The van der Waals surface area contributed by atoms with E-state index in [0.29, 0.717) is 40.0 Å². The number of Topliss-reactive ketones (excluding diaryl/α,β-unsaturated/α-hetero) is 1. The molecule has 3 aromatic carbocycles. The highest BCUT2D eigenvalue weighted by Crippen LogP contribution is 2.40. The molecule has 0 radical (unpaired) electrons. The van der Waals surface area contributed by atoms with Crippen LogP contribution in [0.4, 0.5) is 0 Å². The number of carbonyl (C=O) groups excluding carboxylic acids is 2. The average molecular weight is 435 g/mol.